The normalized spacial score (nSPS) is 33.3. The van der Waals surface area contributed by atoms with E-state index in [1.54, 1.807) is 0 Å². The van der Waals surface area contributed by atoms with Crippen LogP contribution in [-0.2, 0) is 10.2 Å². The van der Waals surface area contributed by atoms with Crippen LogP contribution in [0.5, 0.6) is 0 Å². The van der Waals surface area contributed by atoms with Gasteiger partial charge in [-0.25, -0.2) is 5.14 Å². The molecule has 0 saturated heterocycles. The highest BCUT2D eigenvalue weighted by Gasteiger charge is 2.32. The van der Waals surface area contributed by atoms with Gasteiger partial charge in [-0.3, -0.25) is 0 Å². The van der Waals surface area contributed by atoms with E-state index in [0.29, 0.717) is 17.8 Å². The van der Waals surface area contributed by atoms with E-state index in [-0.39, 0.29) is 6.04 Å². The molecule has 4 nitrogen and oxygen atoms in total. The predicted molar refractivity (Wildman–Crippen MR) is 61.4 cm³/mol. The predicted octanol–water partition coefficient (Wildman–Crippen LogP) is 1.24. The average Bonchev–Trinajstić information content (AvgIpc) is 1.99. The second-order valence-electron chi connectivity index (χ2n) is 5.10. The molecule has 1 aliphatic rings. The van der Waals surface area contributed by atoms with Crippen molar-refractivity contribution in [1.82, 2.24) is 4.72 Å². The molecule has 15 heavy (non-hydrogen) atoms. The van der Waals surface area contributed by atoms with Gasteiger partial charge in [-0.05, 0) is 30.6 Å². The Hall–Kier alpha value is -0.130. The quantitative estimate of drug-likeness (QED) is 0.771. The molecule has 0 spiro atoms. The van der Waals surface area contributed by atoms with E-state index in [0.717, 1.165) is 12.8 Å². The van der Waals surface area contributed by atoms with Crippen LogP contribution >= 0.6 is 0 Å². The second-order valence-corrected chi connectivity index (χ2v) is 6.42. The molecule has 3 unspecified atom stereocenters. The minimum Gasteiger partial charge on any atom is -0.216 e. The molecule has 0 aromatic carbocycles. The first-order chi connectivity index (χ1) is 6.79. The van der Waals surface area contributed by atoms with Crippen molar-refractivity contribution in [2.24, 2.45) is 22.9 Å². The van der Waals surface area contributed by atoms with Gasteiger partial charge in [0.25, 0.3) is 10.2 Å². The lowest BCUT2D eigenvalue weighted by Crippen LogP contribution is -2.47. The Balaban J connectivity index is 2.70. The van der Waals surface area contributed by atoms with Crippen molar-refractivity contribution < 1.29 is 8.42 Å². The molecule has 0 heterocycles. The monoisotopic (exact) mass is 234 g/mol. The third-order valence-corrected chi connectivity index (χ3v) is 3.97. The first kappa shape index (κ1) is 12.9. The van der Waals surface area contributed by atoms with Crippen molar-refractivity contribution >= 4 is 10.2 Å². The molecular formula is C10H22N2O2S. The van der Waals surface area contributed by atoms with E-state index >= 15 is 0 Å². The van der Waals surface area contributed by atoms with Gasteiger partial charge in [-0.15, -0.1) is 0 Å². The fourth-order valence-electron chi connectivity index (χ4n) is 2.55. The van der Waals surface area contributed by atoms with Gasteiger partial charge in [-0.1, -0.05) is 27.2 Å². The number of hydrogen-bond donors (Lipinski definition) is 2. The van der Waals surface area contributed by atoms with Gasteiger partial charge < -0.3 is 0 Å². The van der Waals surface area contributed by atoms with E-state index in [1.165, 1.54) is 6.42 Å². The van der Waals surface area contributed by atoms with Crippen molar-refractivity contribution in [2.45, 2.75) is 46.1 Å². The first-order valence-corrected chi connectivity index (χ1v) is 7.14. The van der Waals surface area contributed by atoms with Crippen molar-refractivity contribution in [1.29, 1.82) is 0 Å². The lowest BCUT2D eigenvalue weighted by Gasteiger charge is -2.37. The molecule has 3 atom stereocenters. The van der Waals surface area contributed by atoms with Gasteiger partial charge in [0.15, 0.2) is 0 Å². The first-order valence-electron chi connectivity index (χ1n) is 5.59. The molecule has 5 heteroatoms. The lowest BCUT2D eigenvalue weighted by molar-refractivity contribution is 0.188. The molecule has 0 radical (unpaired) electrons. The third-order valence-electron chi connectivity index (χ3n) is 3.34. The Morgan fingerprint density at radius 3 is 2.40 bits per heavy atom. The Bertz CT molecular complexity index is 301. The summed E-state index contributed by atoms with van der Waals surface area (Å²) in [6, 6.07) is 0.0174. The van der Waals surface area contributed by atoms with Crippen LogP contribution in [0.1, 0.15) is 40.0 Å². The molecule has 90 valence electrons. The fraction of sp³-hybridized carbons (Fsp3) is 1.00. The summed E-state index contributed by atoms with van der Waals surface area (Å²) in [5, 5.41) is 5.04. The molecule has 1 fully saturated rings. The van der Waals surface area contributed by atoms with Crippen LogP contribution in [0.4, 0.5) is 0 Å². The molecule has 0 amide bonds. The Labute approximate surface area is 92.8 Å². The zero-order chi connectivity index (χ0) is 11.6. The van der Waals surface area contributed by atoms with Crippen LogP contribution in [0, 0.1) is 17.8 Å². The van der Waals surface area contributed by atoms with Gasteiger partial charge in [0, 0.05) is 6.04 Å². The lowest BCUT2D eigenvalue weighted by atomic mass is 9.74. The molecule has 0 bridgehead atoms. The van der Waals surface area contributed by atoms with E-state index in [4.69, 9.17) is 5.14 Å². The maximum atomic E-state index is 11.0. The summed E-state index contributed by atoms with van der Waals surface area (Å²) in [4.78, 5) is 0. The second kappa shape index (κ2) is 4.80. The van der Waals surface area contributed by atoms with E-state index in [1.807, 2.05) is 0 Å². The van der Waals surface area contributed by atoms with Crippen LogP contribution < -0.4 is 9.86 Å². The highest BCUT2D eigenvalue weighted by molar-refractivity contribution is 7.87. The molecule has 1 aliphatic carbocycles. The average molecular weight is 234 g/mol. The molecule has 0 aliphatic heterocycles. The van der Waals surface area contributed by atoms with Gasteiger partial charge in [0.1, 0.15) is 0 Å². The van der Waals surface area contributed by atoms with Gasteiger partial charge in [0.05, 0.1) is 0 Å². The van der Waals surface area contributed by atoms with E-state index < -0.39 is 10.2 Å². The Morgan fingerprint density at radius 1 is 1.33 bits per heavy atom. The molecule has 3 N–H and O–H groups in total. The highest BCUT2D eigenvalue weighted by atomic mass is 32.2. The minimum atomic E-state index is -3.56. The summed E-state index contributed by atoms with van der Waals surface area (Å²) in [6.07, 6.45) is 3.18. The van der Waals surface area contributed by atoms with Gasteiger partial charge in [-0.2, -0.15) is 13.1 Å². The van der Waals surface area contributed by atoms with Crippen LogP contribution in [0.25, 0.3) is 0 Å². The summed E-state index contributed by atoms with van der Waals surface area (Å²) < 4.78 is 24.7. The zero-order valence-electron chi connectivity index (χ0n) is 9.73. The summed E-state index contributed by atoms with van der Waals surface area (Å²) >= 11 is 0. The summed E-state index contributed by atoms with van der Waals surface area (Å²) in [5.41, 5.74) is 0. The largest absolute Gasteiger partial charge is 0.274 e. The Kier molecular flexibility index (Phi) is 4.14. The summed E-state index contributed by atoms with van der Waals surface area (Å²) in [5.74, 6) is 1.50. The zero-order valence-corrected chi connectivity index (χ0v) is 10.5. The van der Waals surface area contributed by atoms with Crippen molar-refractivity contribution in [2.75, 3.05) is 0 Å². The maximum absolute atomic E-state index is 11.0. The number of nitrogens with two attached hydrogens (primary N) is 1. The molecule has 1 saturated carbocycles. The summed E-state index contributed by atoms with van der Waals surface area (Å²) in [6.45, 7) is 6.44. The Morgan fingerprint density at radius 2 is 1.93 bits per heavy atom. The SMILES string of the molecule is CC1CCC(C(C)C)C(NS(N)(=O)=O)C1. The van der Waals surface area contributed by atoms with Crippen LogP contribution in [0.2, 0.25) is 0 Å². The van der Waals surface area contributed by atoms with Crippen LogP contribution in [0.15, 0.2) is 0 Å². The van der Waals surface area contributed by atoms with Crippen molar-refractivity contribution in [3.8, 4) is 0 Å². The van der Waals surface area contributed by atoms with Gasteiger partial charge in [0.2, 0.25) is 0 Å². The standard InChI is InChI=1S/C10H22N2O2S/c1-7(2)9-5-4-8(3)6-10(9)12-15(11,13)14/h7-10,12H,4-6H2,1-3H3,(H2,11,13,14). The summed E-state index contributed by atoms with van der Waals surface area (Å²) in [7, 11) is -3.56. The number of nitrogens with one attached hydrogen (secondary N) is 1. The molecule has 1 rings (SSSR count). The van der Waals surface area contributed by atoms with Crippen molar-refractivity contribution in [3.63, 3.8) is 0 Å². The number of hydrogen-bond acceptors (Lipinski definition) is 2. The molecular weight excluding hydrogens is 212 g/mol. The van der Waals surface area contributed by atoms with Crippen LogP contribution in [0.3, 0.4) is 0 Å². The van der Waals surface area contributed by atoms with Crippen molar-refractivity contribution in [3.05, 3.63) is 0 Å². The smallest absolute Gasteiger partial charge is 0.216 e. The molecule has 0 aromatic rings. The topological polar surface area (TPSA) is 72.2 Å². The van der Waals surface area contributed by atoms with Gasteiger partial charge >= 0.3 is 0 Å². The van der Waals surface area contributed by atoms with E-state index in [2.05, 4.69) is 25.5 Å². The molecule has 0 aromatic heterocycles. The fourth-order valence-corrected chi connectivity index (χ4v) is 3.24. The third kappa shape index (κ3) is 4.09. The maximum Gasteiger partial charge on any atom is 0.274 e. The number of rotatable bonds is 3. The highest BCUT2D eigenvalue weighted by Crippen LogP contribution is 2.33. The van der Waals surface area contributed by atoms with Crippen LogP contribution in [-0.4, -0.2) is 14.5 Å². The van der Waals surface area contributed by atoms with E-state index in [9.17, 15) is 8.42 Å². The minimum absolute atomic E-state index is 0.0174.